The van der Waals surface area contributed by atoms with Crippen LogP contribution in [0.15, 0.2) is 35.6 Å². The highest BCUT2D eigenvalue weighted by Gasteiger charge is 1.97. The molecule has 0 aliphatic rings. The van der Waals surface area contributed by atoms with Crippen molar-refractivity contribution in [3.63, 3.8) is 0 Å². The Morgan fingerprint density at radius 1 is 1.40 bits per heavy atom. The Labute approximate surface area is 92.4 Å². The third-order valence-corrected chi connectivity index (χ3v) is 2.13. The average Bonchev–Trinajstić information content (AvgIpc) is 2.26. The molecule has 0 aromatic rings. The van der Waals surface area contributed by atoms with Gasteiger partial charge in [-0.3, -0.25) is 0 Å². The smallest absolute Gasteiger partial charge is 0.104 e. The van der Waals surface area contributed by atoms with Crippen LogP contribution in [0, 0.1) is 0 Å². The molecule has 0 unspecified atom stereocenters. The van der Waals surface area contributed by atoms with Crippen molar-refractivity contribution in [1.82, 2.24) is 5.32 Å². The van der Waals surface area contributed by atoms with Gasteiger partial charge in [0.25, 0.3) is 0 Å². The van der Waals surface area contributed by atoms with Gasteiger partial charge in [-0.25, -0.2) is 9.78 Å². The highest BCUT2D eigenvalue weighted by atomic mass is 17.2. The number of hydrogen-bond acceptors (Lipinski definition) is 3. The molecule has 0 amide bonds. The summed E-state index contributed by atoms with van der Waals surface area (Å²) in [6.07, 6.45) is 4.97. The Bertz CT molecular complexity index is 254. The lowest BCUT2D eigenvalue weighted by atomic mass is 10.1. The zero-order valence-corrected chi connectivity index (χ0v) is 10.1. The minimum Gasteiger partial charge on any atom is -0.389 e. The van der Waals surface area contributed by atoms with Crippen molar-refractivity contribution in [2.45, 2.75) is 20.3 Å². The first-order valence-corrected chi connectivity index (χ1v) is 5.04. The normalized spacial score (nSPS) is 12.8. The summed E-state index contributed by atoms with van der Waals surface area (Å²) in [6.45, 7) is 8.46. The zero-order chi connectivity index (χ0) is 11.7. The number of nitrogens with one attached hydrogen (secondary N) is 1. The van der Waals surface area contributed by atoms with Crippen LogP contribution in [0.5, 0.6) is 0 Å². The van der Waals surface area contributed by atoms with Crippen LogP contribution >= 0.6 is 0 Å². The molecule has 3 nitrogen and oxygen atoms in total. The molecule has 0 saturated carbocycles. The lowest BCUT2D eigenvalue weighted by Gasteiger charge is -2.06. The van der Waals surface area contributed by atoms with Crippen molar-refractivity contribution in [3.8, 4) is 0 Å². The minimum absolute atomic E-state index is 0.496. The summed E-state index contributed by atoms with van der Waals surface area (Å²) >= 11 is 0. The van der Waals surface area contributed by atoms with Gasteiger partial charge in [-0.1, -0.05) is 19.6 Å². The first-order valence-electron chi connectivity index (χ1n) is 5.04. The van der Waals surface area contributed by atoms with E-state index in [1.807, 2.05) is 26.1 Å². The van der Waals surface area contributed by atoms with E-state index < -0.39 is 0 Å². The van der Waals surface area contributed by atoms with E-state index in [9.17, 15) is 0 Å². The molecule has 0 aliphatic carbocycles. The van der Waals surface area contributed by atoms with Gasteiger partial charge in [0, 0.05) is 12.7 Å². The maximum atomic E-state index is 4.88. The molecule has 0 atom stereocenters. The van der Waals surface area contributed by atoms with Crippen molar-refractivity contribution in [2.24, 2.45) is 0 Å². The summed E-state index contributed by atoms with van der Waals surface area (Å²) in [7, 11) is 3.36. The Morgan fingerprint density at radius 2 is 2.07 bits per heavy atom. The topological polar surface area (TPSA) is 30.5 Å². The van der Waals surface area contributed by atoms with Gasteiger partial charge in [-0.2, -0.15) is 0 Å². The quantitative estimate of drug-likeness (QED) is 0.399. The molecule has 0 fully saturated rings. The molecular formula is C12H21NO2. The van der Waals surface area contributed by atoms with Crippen LogP contribution in [0.3, 0.4) is 0 Å². The van der Waals surface area contributed by atoms with E-state index in [2.05, 4.69) is 23.7 Å². The van der Waals surface area contributed by atoms with E-state index in [1.54, 1.807) is 0 Å². The fourth-order valence-electron chi connectivity index (χ4n) is 1.09. The predicted octanol–water partition coefficient (Wildman–Crippen LogP) is 2.58. The summed E-state index contributed by atoms with van der Waals surface area (Å²) < 4.78 is 0. The average molecular weight is 211 g/mol. The molecule has 0 aliphatic heterocycles. The molecule has 0 bridgehead atoms. The third kappa shape index (κ3) is 6.10. The second-order valence-electron chi connectivity index (χ2n) is 3.20. The molecule has 0 aromatic heterocycles. The second-order valence-corrected chi connectivity index (χ2v) is 3.20. The van der Waals surface area contributed by atoms with E-state index in [1.165, 1.54) is 18.3 Å². The fourth-order valence-corrected chi connectivity index (χ4v) is 1.09. The Morgan fingerprint density at radius 3 is 2.53 bits per heavy atom. The van der Waals surface area contributed by atoms with Gasteiger partial charge in [-0.05, 0) is 30.6 Å². The lowest BCUT2D eigenvalue weighted by molar-refractivity contribution is -0.265. The molecule has 0 saturated heterocycles. The summed E-state index contributed by atoms with van der Waals surface area (Å²) in [5.74, 6) is 0. The van der Waals surface area contributed by atoms with Crippen LogP contribution in [0.2, 0.25) is 0 Å². The van der Waals surface area contributed by atoms with Gasteiger partial charge in [0.05, 0.1) is 7.11 Å². The molecule has 15 heavy (non-hydrogen) atoms. The summed E-state index contributed by atoms with van der Waals surface area (Å²) in [5, 5.41) is 2.97. The van der Waals surface area contributed by atoms with E-state index >= 15 is 0 Å². The Hall–Kier alpha value is -1.06. The summed E-state index contributed by atoms with van der Waals surface area (Å²) in [6, 6.07) is 0. The van der Waals surface area contributed by atoms with E-state index in [4.69, 9.17) is 4.89 Å². The molecule has 0 heterocycles. The zero-order valence-electron chi connectivity index (χ0n) is 10.1. The SMILES string of the molecule is C=C(/C=C\C(CC)=C(/C)COOC)NC. The minimum atomic E-state index is 0.496. The molecule has 0 rings (SSSR count). The van der Waals surface area contributed by atoms with Crippen molar-refractivity contribution >= 4 is 0 Å². The molecule has 3 heteroatoms. The van der Waals surface area contributed by atoms with Gasteiger partial charge in [0.1, 0.15) is 6.61 Å². The van der Waals surface area contributed by atoms with Crippen LogP contribution in [0.1, 0.15) is 20.3 Å². The van der Waals surface area contributed by atoms with Gasteiger partial charge in [-0.15, -0.1) is 0 Å². The number of allylic oxidation sites excluding steroid dienone is 3. The van der Waals surface area contributed by atoms with Crippen molar-refractivity contribution in [1.29, 1.82) is 0 Å². The highest BCUT2D eigenvalue weighted by Crippen LogP contribution is 2.11. The van der Waals surface area contributed by atoms with Gasteiger partial charge < -0.3 is 5.32 Å². The predicted molar refractivity (Wildman–Crippen MR) is 63.3 cm³/mol. The number of likely N-dealkylation sites (N-methyl/N-ethyl adjacent to an activating group) is 1. The molecule has 0 radical (unpaired) electrons. The molecular weight excluding hydrogens is 190 g/mol. The number of rotatable bonds is 7. The first-order chi connectivity index (χ1) is 7.15. The first kappa shape index (κ1) is 13.9. The maximum absolute atomic E-state index is 4.88. The maximum Gasteiger partial charge on any atom is 0.104 e. The number of hydrogen-bond donors (Lipinski definition) is 1. The van der Waals surface area contributed by atoms with Crippen LogP contribution in [-0.4, -0.2) is 20.8 Å². The van der Waals surface area contributed by atoms with Crippen molar-refractivity contribution < 1.29 is 9.78 Å². The van der Waals surface area contributed by atoms with Crippen LogP contribution < -0.4 is 5.32 Å². The second kappa shape index (κ2) is 8.26. The van der Waals surface area contributed by atoms with Gasteiger partial charge >= 0.3 is 0 Å². The molecule has 0 aromatic carbocycles. The standard InChI is InChI=1S/C12H21NO2/c1-6-12(8-7-11(3)13-4)10(2)9-15-14-5/h7-8,13H,3,6,9H2,1-2,4-5H3/b8-7-,12-10+. The molecule has 86 valence electrons. The van der Waals surface area contributed by atoms with Crippen molar-refractivity contribution in [2.75, 3.05) is 20.8 Å². The Kier molecular flexibility index (Phi) is 7.68. The fraction of sp³-hybridized carbons (Fsp3) is 0.500. The van der Waals surface area contributed by atoms with E-state index in [-0.39, 0.29) is 0 Å². The van der Waals surface area contributed by atoms with E-state index in [0.29, 0.717) is 6.61 Å². The van der Waals surface area contributed by atoms with Crippen molar-refractivity contribution in [3.05, 3.63) is 35.6 Å². The van der Waals surface area contributed by atoms with Gasteiger partial charge in [0.15, 0.2) is 0 Å². The van der Waals surface area contributed by atoms with Crippen LogP contribution in [0.4, 0.5) is 0 Å². The molecule has 0 spiro atoms. The highest BCUT2D eigenvalue weighted by molar-refractivity contribution is 5.29. The largest absolute Gasteiger partial charge is 0.389 e. The molecule has 1 N–H and O–H groups in total. The van der Waals surface area contributed by atoms with E-state index in [0.717, 1.165) is 12.1 Å². The monoisotopic (exact) mass is 211 g/mol. The lowest BCUT2D eigenvalue weighted by Crippen LogP contribution is -2.01. The van der Waals surface area contributed by atoms with Crippen LogP contribution in [0.25, 0.3) is 0 Å². The Balaban J connectivity index is 4.45. The third-order valence-electron chi connectivity index (χ3n) is 2.13. The summed E-state index contributed by atoms with van der Waals surface area (Å²) in [5.41, 5.74) is 3.30. The summed E-state index contributed by atoms with van der Waals surface area (Å²) in [4.78, 5) is 9.45. The van der Waals surface area contributed by atoms with Gasteiger partial charge in [0.2, 0.25) is 0 Å². The van der Waals surface area contributed by atoms with Crippen LogP contribution in [-0.2, 0) is 9.78 Å².